The molecule has 28 heavy (non-hydrogen) atoms. The highest BCUT2D eigenvalue weighted by atomic mass is 35.5. The van der Waals surface area contributed by atoms with Gasteiger partial charge in [-0.05, 0) is 49.4 Å². The molecule has 0 spiro atoms. The SMILES string of the molecule is Cc1noc(C)c1C(=O)NCCN1C(=O)SC(=Cc2ccc(Cl)cc2Cl)C1=O. The molecule has 3 amide bonds. The van der Waals surface area contributed by atoms with E-state index in [1.807, 2.05) is 0 Å². The summed E-state index contributed by atoms with van der Waals surface area (Å²) in [5, 5.41) is 6.84. The topological polar surface area (TPSA) is 92.5 Å². The molecular formula is C18H15Cl2N3O4S. The van der Waals surface area contributed by atoms with Gasteiger partial charge >= 0.3 is 0 Å². The predicted octanol–water partition coefficient (Wildman–Crippen LogP) is 4.06. The Balaban J connectivity index is 1.64. The van der Waals surface area contributed by atoms with Crippen molar-refractivity contribution in [3.05, 3.63) is 55.7 Å². The zero-order valence-corrected chi connectivity index (χ0v) is 17.2. The number of halogens is 2. The largest absolute Gasteiger partial charge is 0.361 e. The molecule has 1 saturated heterocycles. The Kier molecular flexibility index (Phi) is 6.12. The fourth-order valence-electron chi connectivity index (χ4n) is 2.63. The Morgan fingerprint density at radius 3 is 2.71 bits per heavy atom. The van der Waals surface area contributed by atoms with E-state index in [1.165, 1.54) is 0 Å². The number of hydrogen-bond acceptors (Lipinski definition) is 6. The lowest BCUT2D eigenvalue weighted by Crippen LogP contribution is -2.37. The number of amides is 3. The summed E-state index contributed by atoms with van der Waals surface area (Å²) in [6.07, 6.45) is 1.55. The summed E-state index contributed by atoms with van der Waals surface area (Å²) >= 11 is 12.8. The lowest BCUT2D eigenvalue weighted by atomic mass is 10.2. The number of imide groups is 1. The molecule has 2 heterocycles. The Morgan fingerprint density at radius 2 is 2.07 bits per heavy atom. The first-order valence-corrected chi connectivity index (χ1v) is 9.76. The van der Waals surface area contributed by atoms with Crippen LogP contribution in [0.4, 0.5) is 4.79 Å². The van der Waals surface area contributed by atoms with Crippen LogP contribution in [0.1, 0.15) is 27.4 Å². The summed E-state index contributed by atoms with van der Waals surface area (Å²) in [5.41, 5.74) is 1.42. The van der Waals surface area contributed by atoms with Gasteiger partial charge in [-0.2, -0.15) is 0 Å². The Labute approximate surface area is 175 Å². The molecule has 1 aliphatic rings. The Morgan fingerprint density at radius 1 is 1.32 bits per heavy atom. The lowest BCUT2D eigenvalue weighted by Gasteiger charge is -2.12. The molecule has 0 saturated carbocycles. The average molecular weight is 440 g/mol. The van der Waals surface area contributed by atoms with E-state index in [2.05, 4.69) is 10.5 Å². The number of carbonyl (C=O) groups excluding carboxylic acids is 3. The maximum absolute atomic E-state index is 12.5. The number of aromatic nitrogens is 1. The van der Waals surface area contributed by atoms with Gasteiger partial charge in [0, 0.05) is 23.1 Å². The van der Waals surface area contributed by atoms with Crippen LogP contribution in [0.2, 0.25) is 10.0 Å². The summed E-state index contributed by atoms with van der Waals surface area (Å²) in [7, 11) is 0. The molecule has 0 atom stereocenters. The van der Waals surface area contributed by atoms with Crippen molar-refractivity contribution in [1.29, 1.82) is 0 Å². The molecule has 3 rings (SSSR count). The predicted molar refractivity (Wildman–Crippen MR) is 107 cm³/mol. The van der Waals surface area contributed by atoms with Crippen molar-refractivity contribution in [2.75, 3.05) is 13.1 Å². The molecule has 146 valence electrons. The van der Waals surface area contributed by atoms with Crippen LogP contribution in [0.25, 0.3) is 6.08 Å². The Hall–Kier alpha value is -2.29. The summed E-state index contributed by atoms with van der Waals surface area (Å²) in [4.78, 5) is 38.2. The van der Waals surface area contributed by atoms with Crippen molar-refractivity contribution < 1.29 is 18.9 Å². The molecule has 0 radical (unpaired) electrons. The van der Waals surface area contributed by atoms with Gasteiger partial charge in [0.1, 0.15) is 11.3 Å². The zero-order valence-electron chi connectivity index (χ0n) is 14.9. The van der Waals surface area contributed by atoms with Crippen molar-refractivity contribution in [3.63, 3.8) is 0 Å². The van der Waals surface area contributed by atoms with Crippen LogP contribution in [0.15, 0.2) is 27.6 Å². The molecule has 0 unspecified atom stereocenters. The zero-order chi connectivity index (χ0) is 20.4. The molecule has 1 N–H and O–H groups in total. The van der Waals surface area contributed by atoms with Crippen LogP contribution in [0, 0.1) is 13.8 Å². The molecule has 1 fully saturated rings. The van der Waals surface area contributed by atoms with Gasteiger partial charge in [0.2, 0.25) is 0 Å². The van der Waals surface area contributed by atoms with Crippen LogP contribution in [0.5, 0.6) is 0 Å². The fraction of sp³-hybridized carbons (Fsp3) is 0.222. The normalized spacial score (nSPS) is 15.6. The maximum Gasteiger partial charge on any atom is 0.293 e. The van der Waals surface area contributed by atoms with Crippen LogP contribution >= 0.6 is 35.0 Å². The first kappa shape index (κ1) is 20.4. The molecule has 10 heteroatoms. The standard InChI is InChI=1S/C18H15Cl2N3O4S/c1-9-15(10(2)27-22-9)16(24)21-5-6-23-17(25)14(28-18(23)26)7-11-3-4-12(19)8-13(11)20/h3-4,7-8H,5-6H2,1-2H3,(H,21,24). The summed E-state index contributed by atoms with van der Waals surface area (Å²) < 4.78 is 4.96. The molecule has 1 aromatic carbocycles. The van der Waals surface area contributed by atoms with Crippen molar-refractivity contribution in [2.24, 2.45) is 0 Å². The highest BCUT2D eigenvalue weighted by molar-refractivity contribution is 8.18. The van der Waals surface area contributed by atoms with Crippen molar-refractivity contribution in [1.82, 2.24) is 15.4 Å². The minimum absolute atomic E-state index is 0.0471. The van der Waals surface area contributed by atoms with Crippen molar-refractivity contribution in [2.45, 2.75) is 13.8 Å². The molecule has 0 bridgehead atoms. The summed E-state index contributed by atoms with van der Waals surface area (Å²) in [6, 6.07) is 4.87. The number of benzene rings is 1. The van der Waals surface area contributed by atoms with E-state index in [0.29, 0.717) is 32.6 Å². The van der Waals surface area contributed by atoms with Gasteiger partial charge in [-0.15, -0.1) is 0 Å². The third kappa shape index (κ3) is 4.24. The van der Waals surface area contributed by atoms with Gasteiger partial charge in [0.25, 0.3) is 17.1 Å². The van der Waals surface area contributed by atoms with Crippen molar-refractivity contribution in [3.8, 4) is 0 Å². The van der Waals surface area contributed by atoms with Gasteiger partial charge in [0.15, 0.2) is 0 Å². The summed E-state index contributed by atoms with van der Waals surface area (Å²) in [5.74, 6) is -0.400. The molecule has 1 aliphatic heterocycles. The smallest absolute Gasteiger partial charge is 0.293 e. The third-order valence-electron chi connectivity index (χ3n) is 4.00. The number of nitrogens with one attached hydrogen (secondary N) is 1. The minimum Gasteiger partial charge on any atom is -0.361 e. The molecule has 7 nitrogen and oxygen atoms in total. The number of carbonyl (C=O) groups is 3. The Bertz CT molecular complexity index is 983. The number of hydrogen-bond donors (Lipinski definition) is 1. The van der Waals surface area contributed by atoms with Crippen LogP contribution in [-0.4, -0.2) is 40.2 Å². The lowest BCUT2D eigenvalue weighted by molar-refractivity contribution is -0.122. The number of thioether (sulfide) groups is 1. The van der Waals surface area contributed by atoms with Crippen LogP contribution < -0.4 is 5.32 Å². The first-order chi connectivity index (χ1) is 13.3. The average Bonchev–Trinajstić information content (AvgIpc) is 3.10. The van der Waals surface area contributed by atoms with Gasteiger partial charge in [-0.1, -0.05) is 34.4 Å². The minimum atomic E-state index is -0.437. The number of rotatable bonds is 5. The summed E-state index contributed by atoms with van der Waals surface area (Å²) in [6.45, 7) is 3.45. The second-order valence-corrected chi connectivity index (χ2v) is 7.79. The second kappa shape index (κ2) is 8.38. The monoisotopic (exact) mass is 439 g/mol. The molecule has 0 aliphatic carbocycles. The van der Waals surface area contributed by atoms with E-state index in [9.17, 15) is 14.4 Å². The quantitative estimate of drug-likeness (QED) is 0.705. The molecular weight excluding hydrogens is 425 g/mol. The van der Waals surface area contributed by atoms with E-state index in [0.717, 1.165) is 16.7 Å². The number of aryl methyl sites for hydroxylation is 2. The van der Waals surface area contributed by atoms with Gasteiger partial charge in [-0.25, -0.2) is 0 Å². The third-order valence-corrected chi connectivity index (χ3v) is 5.47. The first-order valence-electron chi connectivity index (χ1n) is 8.19. The maximum atomic E-state index is 12.5. The molecule has 1 aromatic heterocycles. The highest BCUT2D eigenvalue weighted by Gasteiger charge is 2.34. The van der Waals surface area contributed by atoms with E-state index >= 15 is 0 Å². The second-order valence-electron chi connectivity index (χ2n) is 5.95. The van der Waals surface area contributed by atoms with Gasteiger partial charge < -0.3 is 9.84 Å². The highest BCUT2D eigenvalue weighted by Crippen LogP contribution is 2.33. The van der Waals surface area contributed by atoms with Gasteiger partial charge in [-0.3, -0.25) is 19.3 Å². The van der Waals surface area contributed by atoms with E-state index in [4.69, 9.17) is 27.7 Å². The van der Waals surface area contributed by atoms with E-state index < -0.39 is 11.1 Å². The fourth-order valence-corrected chi connectivity index (χ4v) is 3.95. The van der Waals surface area contributed by atoms with E-state index in [-0.39, 0.29) is 23.9 Å². The van der Waals surface area contributed by atoms with Gasteiger partial charge in [0.05, 0.1) is 10.6 Å². The van der Waals surface area contributed by atoms with Crippen LogP contribution in [0.3, 0.4) is 0 Å². The van der Waals surface area contributed by atoms with E-state index in [1.54, 1.807) is 38.1 Å². The molecule has 2 aromatic rings. The van der Waals surface area contributed by atoms with Crippen LogP contribution in [-0.2, 0) is 4.79 Å². The number of nitrogens with zero attached hydrogens (tertiary/aromatic N) is 2. The van der Waals surface area contributed by atoms with Crippen molar-refractivity contribution >= 4 is 58.1 Å².